The zero-order chi connectivity index (χ0) is 16.2. The third-order valence-corrected chi connectivity index (χ3v) is 5.70. The molecule has 124 valence electrons. The second-order valence-electron chi connectivity index (χ2n) is 5.75. The highest BCUT2D eigenvalue weighted by Gasteiger charge is 2.17. The van der Waals surface area contributed by atoms with Crippen LogP contribution in [0.4, 0.5) is 0 Å². The smallest absolute Gasteiger partial charge is 0.242 e. The van der Waals surface area contributed by atoms with E-state index in [-0.39, 0.29) is 4.90 Å². The molecule has 6 nitrogen and oxygen atoms in total. The molecule has 22 heavy (non-hydrogen) atoms. The molecular weight excluding hydrogens is 302 g/mol. The summed E-state index contributed by atoms with van der Waals surface area (Å²) in [5.41, 5.74) is 0. The minimum atomic E-state index is -3.37. The number of rotatable bonds is 6. The van der Waals surface area contributed by atoms with E-state index in [1.807, 2.05) is 0 Å². The summed E-state index contributed by atoms with van der Waals surface area (Å²) >= 11 is 0. The van der Waals surface area contributed by atoms with Gasteiger partial charge in [-0.25, -0.2) is 12.7 Å². The van der Waals surface area contributed by atoms with E-state index in [1.54, 1.807) is 24.3 Å². The normalized spacial score (nSPS) is 17.8. The van der Waals surface area contributed by atoms with E-state index in [0.29, 0.717) is 12.4 Å². The second kappa shape index (κ2) is 7.41. The summed E-state index contributed by atoms with van der Waals surface area (Å²) in [6.07, 6.45) is 0. The van der Waals surface area contributed by atoms with Gasteiger partial charge in [0.15, 0.2) is 0 Å². The van der Waals surface area contributed by atoms with Gasteiger partial charge in [-0.15, -0.1) is 0 Å². The molecule has 1 saturated heterocycles. The molecule has 0 aromatic heterocycles. The Morgan fingerprint density at radius 2 is 1.68 bits per heavy atom. The van der Waals surface area contributed by atoms with E-state index >= 15 is 0 Å². The number of hydrogen-bond acceptors (Lipinski definition) is 5. The maximum Gasteiger partial charge on any atom is 0.242 e. The molecule has 1 aromatic carbocycles. The Bertz CT molecular complexity index is 564. The number of likely N-dealkylation sites (N-methyl/N-ethyl adjacent to an activating group) is 1. The quantitative estimate of drug-likeness (QED) is 0.764. The summed E-state index contributed by atoms with van der Waals surface area (Å²) in [7, 11) is 1.81. The number of ether oxygens (including phenoxy) is 1. The standard InChI is InChI=1S/C15H25N3O3S/c1-16(2)22(19,20)15-6-4-14(5-7-15)21-13-12-18-10-8-17(3)9-11-18/h4-7H,8-13H2,1-3H3. The first kappa shape index (κ1) is 17.2. The van der Waals surface area contributed by atoms with Crippen molar-refractivity contribution in [1.29, 1.82) is 0 Å². The average molecular weight is 327 g/mol. The van der Waals surface area contributed by atoms with E-state index in [4.69, 9.17) is 4.74 Å². The summed E-state index contributed by atoms with van der Waals surface area (Å²) in [6, 6.07) is 6.59. The fourth-order valence-electron chi connectivity index (χ4n) is 2.28. The molecular formula is C15H25N3O3S. The molecule has 0 atom stereocenters. The maximum absolute atomic E-state index is 12.0. The molecule has 0 unspecified atom stereocenters. The molecule has 1 aliphatic rings. The van der Waals surface area contributed by atoms with Crippen molar-refractivity contribution in [1.82, 2.24) is 14.1 Å². The molecule has 7 heteroatoms. The summed E-state index contributed by atoms with van der Waals surface area (Å²) in [5, 5.41) is 0. The maximum atomic E-state index is 12.0. The monoisotopic (exact) mass is 327 g/mol. The topological polar surface area (TPSA) is 53.1 Å². The number of piperazine rings is 1. The highest BCUT2D eigenvalue weighted by atomic mass is 32.2. The van der Waals surface area contributed by atoms with Crippen molar-refractivity contribution in [3.8, 4) is 5.75 Å². The van der Waals surface area contributed by atoms with Crippen LogP contribution in [0, 0.1) is 0 Å². The van der Waals surface area contributed by atoms with Gasteiger partial charge in [-0.1, -0.05) is 0 Å². The van der Waals surface area contributed by atoms with E-state index in [0.717, 1.165) is 32.7 Å². The number of hydrogen-bond donors (Lipinski definition) is 0. The van der Waals surface area contributed by atoms with Gasteiger partial charge in [0, 0.05) is 46.8 Å². The van der Waals surface area contributed by atoms with Gasteiger partial charge in [0.2, 0.25) is 10.0 Å². The Hall–Kier alpha value is -1.15. The van der Waals surface area contributed by atoms with Crippen LogP contribution in [0.2, 0.25) is 0 Å². The van der Waals surface area contributed by atoms with Gasteiger partial charge < -0.3 is 9.64 Å². The SMILES string of the molecule is CN1CCN(CCOc2ccc(S(=O)(=O)N(C)C)cc2)CC1. The van der Waals surface area contributed by atoms with Crippen LogP contribution in [0.25, 0.3) is 0 Å². The molecule has 1 aliphatic heterocycles. The van der Waals surface area contributed by atoms with Crippen LogP contribution in [0.3, 0.4) is 0 Å². The van der Waals surface area contributed by atoms with Crippen molar-refractivity contribution in [2.24, 2.45) is 0 Å². The van der Waals surface area contributed by atoms with Gasteiger partial charge in [-0.3, -0.25) is 4.90 Å². The Balaban J connectivity index is 1.82. The molecule has 1 fully saturated rings. The molecule has 1 aromatic rings. The lowest BCUT2D eigenvalue weighted by Crippen LogP contribution is -2.45. The first-order chi connectivity index (χ1) is 10.4. The van der Waals surface area contributed by atoms with E-state index in [1.165, 1.54) is 18.4 Å². The minimum Gasteiger partial charge on any atom is -0.492 e. The minimum absolute atomic E-state index is 0.281. The lowest BCUT2D eigenvalue weighted by atomic mass is 10.3. The predicted molar refractivity (Wildman–Crippen MR) is 86.7 cm³/mol. The van der Waals surface area contributed by atoms with E-state index in [9.17, 15) is 8.42 Å². The molecule has 0 aliphatic carbocycles. The molecule has 0 bridgehead atoms. The van der Waals surface area contributed by atoms with Crippen LogP contribution in [-0.2, 0) is 10.0 Å². The van der Waals surface area contributed by atoms with Gasteiger partial charge in [0.05, 0.1) is 4.90 Å². The third-order valence-electron chi connectivity index (χ3n) is 3.87. The van der Waals surface area contributed by atoms with Gasteiger partial charge in [0.1, 0.15) is 12.4 Å². The molecule has 1 heterocycles. The second-order valence-corrected chi connectivity index (χ2v) is 7.90. The van der Waals surface area contributed by atoms with Gasteiger partial charge >= 0.3 is 0 Å². The Morgan fingerprint density at radius 3 is 2.23 bits per heavy atom. The number of sulfonamides is 1. The van der Waals surface area contributed by atoms with Crippen LogP contribution < -0.4 is 4.74 Å². The van der Waals surface area contributed by atoms with Gasteiger partial charge in [-0.05, 0) is 31.3 Å². The fraction of sp³-hybridized carbons (Fsp3) is 0.600. The predicted octanol–water partition coefficient (Wildman–Crippen LogP) is 0.563. The van der Waals surface area contributed by atoms with Crippen LogP contribution in [0.1, 0.15) is 0 Å². The summed E-state index contributed by atoms with van der Waals surface area (Å²) in [6.45, 7) is 5.84. The fourth-order valence-corrected chi connectivity index (χ4v) is 3.18. The lowest BCUT2D eigenvalue weighted by Gasteiger charge is -2.32. The van der Waals surface area contributed by atoms with Crippen LogP contribution in [0.5, 0.6) is 5.75 Å². The molecule has 0 spiro atoms. The van der Waals surface area contributed by atoms with Crippen molar-refractivity contribution in [2.75, 3.05) is 60.5 Å². The molecule has 0 saturated carbocycles. The highest BCUT2D eigenvalue weighted by Crippen LogP contribution is 2.18. The lowest BCUT2D eigenvalue weighted by molar-refractivity contribution is 0.133. The first-order valence-electron chi connectivity index (χ1n) is 7.46. The summed E-state index contributed by atoms with van der Waals surface area (Å²) < 4.78 is 30.8. The Labute approximate surface area is 133 Å². The molecule has 0 radical (unpaired) electrons. The van der Waals surface area contributed by atoms with Crippen molar-refractivity contribution < 1.29 is 13.2 Å². The van der Waals surface area contributed by atoms with Crippen molar-refractivity contribution in [3.63, 3.8) is 0 Å². The number of nitrogens with zero attached hydrogens (tertiary/aromatic N) is 3. The zero-order valence-electron chi connectivity index (χ0n) is 13.5. The Kier molecular flexibility index (Phi) is 5.80. The van der Waals surface area contributed by atoms with E-state index < -0.39 is 10.0 Å². The van der Waals surface area contributed by atoms with Gasteiger partial charge in [0.25, 0.3) is 0 Å². The zero-order valence-corrected chi connectivity index (χ0v) is 14.3. The van der Waals surface area contributed by atoms with Crippen LogP contribution in [-0.4, -0.2) is 83.0 Å². The highest BCUT2D eigenvalue weighted by molar-refractivity contribution is 7.89. The largest absolute Gasteiger partial charge is 0.492 e. The number of benzene rings is 1. The van der Waals surface area contributed by atoms with Crippen LogP contribution >= 0.6 is 0 Å². The van der Waals surface area contributed by atoms with Crippen LogP contribution in [0.15, 0.2) is 29.2 Å². The van der Waals surface area contributed by atoms with Crippen molar-refractivity contribution in [3.05, 3.63) is 24.3 Å². The van der Waals surface area contributed by atoms with Crippen molar-refractivity contribution >= 4 is 10.0 Å². The van der Waals surface area contributed by atoms with E-state index in [2.05, 4.69) is 16.8 Å². The summed E-state index contributed by atoms with van der Waals surface area (Å²) in [5.74, 6) is 0.701. The average Bonchev–Trinajstić information content (AvgIpc) is 2.49. The molecule has 0 N–H and O–H groups in total. The Morgan fingerprint density at radius 1 is 1.09 bits per heavy atom. The van der Waals surface area contributed by atoms with Gasteiger partial charge in [-0.2, -0.15) is 0 Å². The third kappa shape index (κ3) is 4.42. The molecule has 0 amide bonds. The summed E-state index contributed by atoms with van der Waals surface area (Å²) in [4.78, 5) is 4.98. The molecule has 2 rings (SSSR count). The van der Waals surface area contributed by atoms with Crippen molar-refractivity contribution in [2.45, 2.75) is 4.90 Å². The first-order valence-corrected chi connectivity index (χ1v) is 8.90.